The molecule has 26 heavy (non-hydrogen) atoms. The van der Waals surface area contributed by atoms with Gasteiger partial charge in [0.05, 0.1) is 11.8 Å². The minimum absolute atomic E-state index is 0.150. The van der Waals surface area contributed by atoms with E-state index in [1.165, 1.54) is 17.5 Å². The van der Waals surface area contributed by atoms with Gasteiger partial charge in [0.1, 0.15) is 11.2 Å². The van der Waals surface area contributed by atoms with Crippen molar-refractivity contribution in [1.29, 1.82) is 0 Å². The maximum absolute atomic E-state index is 11.9. The van der Waals surface area contributed by atoms with Crippen molar-refractivity contribution < 1.29 is 19.8 Å². The van der Waals surface area contributed by atoms with Crippen molar-refractivity contribution in [3.8, 4) is 0 Å². The summed E-state index contributed by atoms with van der Waals surface area (Å²) in [7, 11) is 0. The van der Waals surface area contributed by atoms with Crippen LogP contribution in [0.5, 0.6) is 0 Å². The van der Waals surface area contributed by atoms with Gasteiger partial charge in [-0.25, -0.2) is 9.78 Å². The Bertz CT molecular complexity index is 993. The van der Waals surface area contributed by atoms with Gasteiger partial charge in [0, 0.05) is 23.3 Å². The predicted octanol–water partition coefficient (Wildman–Crippen LogP) is 2.80. The Balaban J connectivity index is 0.000000228. The molecule has 7 nitrogen and oxygen atoms in total. The summed E-state index contributed by atoms with van der Waals surface area (Å²) in [5.41, 5.74) is 0.624. The predicted molar refractivity (Wildman–Crippen MR) is 99.0 cm³/mol. The van der Waals surface area contributed by atoms with Gasteiger partial charge in [0.25, 0.3) is 0 Å². The van der Waals surface area contributed by atoms with Crippen LogP contribution in [0.25, 0.3) is 11.0 Å². The van der Waals surface area contributed by atoms with Gasteiger partial charge in [-0.3, -0.25) is 9.59 Å². The van der Waals surface area contributed by atoms with Crippen LogP contribution in [0.15, 0.2) is 40.6 Å². The molecule has 0 aliphatic carbocycles. The summed E-state index contributed by atoms with van der Waals surface area (Å²) in [5, 5.41) is 19.5. The molecule has 136 valence electrons. The summed E-state index contributed by atoms with van der Waals surface area (Å²) >= 11 is 1.47. The topological polar surface area (TPSA) is 109 Å². The van der Waals surface area contributed by atoms with E-state index in [9.17, 15) is 14.4 Å². The van der Waals surface area contributed by atoms with Crippen LogP contribution < -0.4 is 5.43 Å². The summed E-state index contributed by atoms with van der Waals surface area (Å²) in [5.74, 6) is -1.97. The van der Waals surface area contributed by atoms with Crippen molar-refractivity contribution in [2.45, 2.75) is 26.8 Å². The van der Waals surface area contributed by atoms with E-state index >= 15 is 0 Å². The minimum Gasteiger partial charge on any atom is -0.481 e. The third kappa shape index (κ3) is 4.54. The maximum atomic E-state index is 11.9. The van der Waals surface area contributed by atoms with Crippen molar-refractivity contribution in [2.24, 2.45) is 0 Å². The Hall–Kier alpha value is -3.00. The van der Waals surface area contributed by atoms with E-state index in [1.807, 2.05) is 31.4 Å². The second kappa shape index (κ2) is 8.39. The van der Waals surface area contributed by atoms with Gasteiger partial charge in [-0.2, -0.15) is 0 Å². The smallest absolute Gasteiger partial charge is 0.341 e. The third-order valence-electron chi connectivity index (χ3n) is 3.54. The number of aryl methyl sites for hydroxylation is 2. The van der Waals surface area contributed by atoms with Crippen molar-refractivity contribution in [3.05, 3.63) is 62.2 Å². The molecular weight excluding hydrogens is 356 g/mol. The zero-order valence-corrected chi connectivity index (χ0v) is 15.1. The normalized spacial score (nSPS) is 10.2. The van der Waals surface area contributed by atoms with Crippen molar-refractivity contribution in [1.82, 2.24) is 9.55 Å². The lowest BCUT2D eigenvalue weighted by atomic mass is 10.2. The lowest BCUT2D eigenvalue weighted by molar-refractivity contribution is -0.136. The lowest BCUT2D eigenvalue weighted by Gasteiger charge is -2.09. The highest BCUT2D eigenvalue weighted by Crippen LogP contribution is 2.11. The van der Waals surface area contributed by atoms with Crippen LogP contribution in [-0.2, 0) is 17.8 Å². The molecule has 0 saturated heterocycles. The first-order chi connectivity index (χ1) is 12.3. The molecule has 0 radical (unpaired) electrons. The minimum atomic E-state index is -1.21. The van der Waals surface area contributed by atoms with Crippen LogP contribution in [0.1, 0.15) is 27.9 Å². The summed E-state index contributed by atoms with van der Waals surface area (Å²) in [6, 6.07) is 7.00. The average molecular weight is 374 g/mol. The Labute approximate surface area is 153 Å². The molecule has 3 heterocycles. The highest BCUT2D eigenvalue weighted by Gasteiger charge is 2.14. The van der Waals surface area contributed by atoms with E-state index in [0.717, 1.165) is 10.6 Å². The second-order valence-electron chi connectivity index (χ2n) is 5.44. The first-order valence-electron chi connectivity index (χ1n) is 7.81. The Morgan fingerprint density at radius 3 is 2.50 bits per heavy atom. The number of aromatic carboxylic acids is 1. The molecule has 0 amide bonds. The summed E-state index contributed by atoms with van der Waals surface area (Å²) in [6.45, 7) is 4.27. The van der Waals surface area contributed by atoms with Crippen LogP contribution in [-0.4, -0.2) is 31.7 Å². The molecule has 0 aliphatic rings. The molecule has 0 atom stereocenters. The maximum Gasteiger partial charge on any atom is 0.341 e. The molecular formula is C18H18N2O5S. The number of nitrogens with zero attached hydrogens (tertiary/aromatic N) is 2. The van der Waals surface area contributed by atoms with Gasteiger partial charge in [-0.15, -0.1) is 11.3 Å². The summed E-state index contributed by atoms with van der Waals surface area (Å²) < 4.78 is 1.67. The van der Waals surface area contributed by atoms with E-state index in [0.29, 0.717) is 17.6 Å². The number of carboxylic acids is 2. The highest BCUT2D eigenvalue weighted by atomic mass is 32.1. The molecule has 3 rings (SSSR count). The Morgan fingerprint density at radius 2 is 1.96 bits per heavy atom. The van der Waals surface area contributed by atoms with Crippen molar-refractivity contribution >= 4 is 34.3 Å². The van der Waals surface area contributed by atoms with E-state index < -0.39 is 17.4 Å². The van der Waals surface area contributed by atoms with Crippen LogP contribution in [0, 0.1) is 6.92 Å². The molecule has 3 aromatic rings. The largest absolute Gasteiger partial charge is 0.481 e. The van der Waals surface area contributed by atoms with Crippen LogP contribution in [0.3, 0.4) is 0 Å². The zero-order valence-electron chi connectivity index (χ0n) is 14.3. The molecule has 0 aromatic carbocycles. The van der Waals surface area contributed by atoms with Gasteiger partial charge < -0.3 is 14.8 Å². The van der Waals surface area contributed by atoms with Gasteiger partial charge in [-0.1, -0.05) is 6.07 Å². The first kappa shape index (κ1) is 19.3. The number of thiophene rings is 1. The Kier molecular flexibility index (Phi) is 6.24. The van der Waals surface area contributed by atoms with Crippen molar-refractivity contribution in [3.63, 3.8) is 0 Å². The molecule has 0 aliphatic heterocycles. The lowest BCUT2D eigenvalue weighted by Crippen LogP contribution is -2.19. The molecule has 8 heteroatoms. The fourth-order valence-electron chi connectivity index (χ4n) is 2.32. The fourth-order valence-corrected chi connectivity index (χ4v) is 3.01. The molecule has 0 unspecified atom stereocenters. The fraction of sp³-hybridized carbons (Fsp3) is 0.222. The summed E-state index contributed by atoms with van der Waals surface area (Å²) in [4.78, 5) is 38.1. The number of hydrogen-bond acceptors (Lipinski definition) is 5. The van der Waals surface area contributed by atoms with E-state index in [4.69, 9.17) is 10.2 Å². The molecule has 0 fully saturated rings. The van der Waals surface area contributed by atoms with Gasteiger partial charge in [-0.05, 0) is 37.4 Å². The van der Waals surface area contributed by atoms with Gasteiger partial charge >= 0.3 is 11.9 Å². The highest BCUT2D eigenvalue weighted by molar-refractivity contribution is 7.10. The zero-order chi connectivity index (χ0) is 19.3. The monoisotopic (exact) mass is 374 g/mol. The van der Waals surface area contributed by atoms with Gasteiger partial charge in [0.2, 0.25) is 5.43 Å². The number of rotatable bonds is 4. The van der Waals surface area contributed by atoms with E-state index in [2.05, 4.69) is 4.98 Å². The number of pyridine rings is 2. The second-order valence-corrected chi connectivity index (χ2v) is 6.47. The molecule has 2 N–H and O–H groups in total. The number of aromatic nitrogens is 2. The number of carboxylic acid groups (broad SMARTS) is 2. The van der Waals surface area contributed by atoms with Crippen LogP contribution in [0.2, 0.25) is 0 Å². The SMILES string of the molecule is CCn1cc(C(=O)O)c(=O)c2ccc(C)nc21.O=C(O)Cc1cccs1. The molecule has 0 saturated carbocycles. The van der Waals surface area contributed by atoms with Gasteiger partial charge in [0.15, 0.2) is 0 Å². The van der Waals surface area contributed by atoms with E-state index in [-0.39, 0.29) is 12.0 Å². The average Bonchev–Trinajstić information content (AvgIpc) is 3.07. The quantitative estimate of drug-likeness (QED) is 0.727. The Morgan fingerprint density at radius 1 is 1.23 bits per heavy atom. The number of carbonyl (C=O) groups is 2. The first-order valence-corrected chi connectivity index (χ1v) is 8.69. The third-order valence-corrected chi connectivity index (χ3v) is 4.41. The standard InChI is InChI=1S/C12H12N2O3.C6H6O2S/c1-3-14-6-9(12(16)17)10(15)8-5-4-7(2)13-11(8)14;7-6(8)4-5-2-1-3-9-5/h4-6H,3H2,1-2H3,(H,16,17);1-3H,4H2,(H,7,8). The van der Waals surface area contributed by atoms with Crippen molar-refractivity contribution in [2.75, 3.05) is 0 Å². The number of aliphatic carboxylic acids is 1. The number of hydrogen-bond donors (Lipinski definition) is 2. The number of fused-ring (bicyclic) bond motifs is 1. The molecule has 3 aromatic heterocycles. The van der Waals surface area contributed by atoms with Crippen LogP contribution in [0.4, 0.5) is 0 Å². The summed E-state index contributed by atoms with van der Waals surface area (Å²) in [6.07, 6.45) is 1.50. The van der Waals surface area contributed by atoms with E-state index in [1.54, 1.807) is 16.7 Å². The molecule has 0 spiro atoms. The molecule has 0 bridgehead atoms. The van der Waals surface area contributed by atoms with Crippen LogP contribution >= 0.6 is 11.3 Å².